The zero-order valence-electron chi connectivity index (χ0n) is 11.8. The highest BCUT2D eigenvalue weighted by Crippen LogP contribution is 2.56. The Hall–Kier alpha value is -2.74. The van der Waals surface area contributed by atoms with E-state index in [0.717, 1.165) is 11.1 Å². The van der Waals surface area contributed by atoms with E-state index in [1.54, 1.807) is 12.1 Å². The largest absolute Gasteiger partial charge is 0.508 e. The lowest BCUT2D eigenvalue weighted by Gasteiger charge is -2.42. The van der Waals surface area contributed by atoms with Crippen LogP contribution in [0.2, 0.25) is 0 Å². The number of benzene rings is 3. The molecule has 0 spiro atoms. The highest BCUT2D eigenvalue weighted by molar-refractivity contribution is 5.69. The fourth-order valence-electron chi connectivity index (χ4n) is 4.19. The summed E-state index contributed by atoms with van der Waals surface area (Å²) in [5.74, 6) is 0.869. The van der Waals surface area contributed by atoms with E-state index in [0.29, 0.717) is 11.5 Å². The molecular weight excluding hydrogens is 272 g/mol. The molecule has 2 bridgehead atoms. The number of hydrogen-bond acceptors (Lipinski definition) is 2. The van der Waals surface area contributed by atoms with Gasteiger partial charge in [0.05, 0.1) is 0 Å². The second kappa shape index (κ2) is 3.92. The molecule has 2 heteroatoms. The van der Waals surface area contributed by atoms with Gasteiger partial charge in [0.15, 0.2) is 0 Å². The molecule has 0 heterocycles. The molecule has 0 atom stereocenters. The van der Waals surface area contributed by atoms with E-state index < -0.39 is 0 Å². The van der Waals surface area contributed by atoms with Crippen molar-refractivity contribution in [1.29, 1.82) is 0 Å². The Morgan fingerprint density at radius 3 is 1.41 bits per heavy atom. The summed E-state index contributed by atoms with van der Waals surface area (Å²) in [4.78, 5) is 0. The molecular formula is C20H14O2. The molecule has 0 amide bonds. The molecule has 22 heavy (non-hydrogen) atoms. The average Bonchev–Trinajstić information content (AvgIpc) is 2.54. The predicted octanol–water partition coefficient (Wildman–Crippen LogP) is 4.09. The summed E-state index contributed by atoms with van der Waals surface area (Å²) in [5.41, 5.74) is 7.45. The average molecular weight is 286 g/mol. The van der Waals surface area contributed by atoms with Crippen molar-refractivity contribution < 1.29 is 10.2 Å². The Bertz CT molecular complexity index is 873. The SMILES string of the molecule is Oc1ccc2c(c1)C1c3ccccc3C2c2ccc(O)cc21. The van der Waals surface area contributed by atoms with E-state index in [-0.39, 0.29) is 11.8 Å². The zero-order valence-corrected chi connectivity index (χ0v) is 11.8. The van der Waals surface area contributed by atoms with E-state index in [9.17, 15) is 10.2 Å². The molecule has 2 N–H and O–H groups in total. The molecule has 3 aliphatic carbocycles. The molecule has 3 aromatic carbocycles. The molecule has 0 unspecified atom stereocenters. The monoisotopic (exact) mass is 286 g/mol. The molecule has 0 aromatic heterocycles. The highest BCUT2D eigenvalue weighted by Gasteiger charge is 2.41. The van der Waals surface area contributed by atoms with E-state index in [4.69, 9.17) is 0 Å². The van der Waals surface area contributed by atoms with Crippen molar-refractivity contribution in [3.63, 3.8) is 0 Å². The van der Waals surface area contributed by atoms with Crippen molar-refractivity contribution in [2.75, 3.05) is 0 Å². The lowest BCUT2D eigenvalue weighted by Crippen LogP contribution is -2.27. The Morgan fingerprint density at radius 1 is 0.500 bits per heavy atom. The molecule has 2 nitrogen and oxygen atoms in total. The molecule has 3 aromatic rings. The van der Waals surface area contributed by atoms with Crippen molar-refractivity contribution in [3.05, 3.63) is 94.0 Å². The Balaban J connectivity index is 1.91. The van der Waals surface area contributed by atoms with Gasteiger partial charge in [0.1, 0.15) is 11.5 Å². The van der Waals surface area contributed by atoms with Crippen LogP contribution in [0.4, 0.5) is 0 Å². The summed E-state index contributed by atoms with van der Waals surface area (Å²) in [5, 5.41) is 19.8. The second-order valence-electron chi connectivity index (χ2n) is 6.12. The van der Waals surface area contributed by atoms with Crippen molar-refractivity contribution in [3.8, 4) is 11.5 Å². The Labute approximate surface area is 128 Å². The fraction of sp³-hybridized carbons (Fsp3) is 0.100. The third kappa shape index (κ3) is 1.34. The number of rotatable bonds is 0. The minimum Gasteiger partial charge on any atom is -0.508 e. The van der Waals surface area contributed by atoms with Crippen LogP contribution >= 0.6 is 0 Å². The van der Waals surface area contributed by atoms with E-state index >= 15 is 0 Å². The standard InChI is InChI=1S/C20H14O2/c21-11-5-7-15-17(9-11)20-14-4-2-1-3-13(14)19(15)16-8-6-12(22)10-18(16)20/h1-10,19-22H. The van der Waals surface area contributed by atoms with Crippen molar-refractivity contribution in [2.24, 2.45) is 0 Å². The normalized spacial score (nSPS) is 20.2. The van der Waals surface area contributed by atoms with Gasteiger partial charge in [-0.1, -0.05) is 36.4 Å². The minimum absolute atomic E-state index is 0.0883. The first-order chi connectivity index (χ1) is 10.7. The van der Waals surface area contributed by atoms with Crippen LogP contribution in [-0.4, -0.2) is 10.2 Å². The summed E-state index contributed by atoms with van der Waals surface area (Å²) in [6.45, 7) is 0. The molecule has 0 aliphatic heterocycles. The number of phenols is 2. The van der Waals surface area contributed by atoms with Crippen LogP contribution in [0.1, 0.15) is 45.2 Å². The van der Waals surface area contributed by atoms with Crippen molar-refractivity contribution >= 4 is 0 Å². The van der Waals surface area contributed by atoms with Gasteiger partial charge in [0.25, 0.3) is 0 Å². The number of hydrogen-bond donors (Lipinski definition) is 2. The molecule has 0 saturated carbocycles. The van der Waals surface area contributed by atoms with Gasteiger partial charge in [-0.2, -0.15) is 0 Å². The molecule has 0 saturated heterocycles. The maximum Gasteiger partial charge on any atom is 0.115 e. The van der Waals surface area contributed by atoms with Gasteiger partial charge in [0, 0.05) is 11.8 Å². The quantitative estimate of drug-likeness (QED) is 0.450. The van der Waals surface area contributed by atoms with Crippen LogP contribution in [0.25, 0.3) is 0 Å². The van der Waals surface area contributed by atoms with Crippen LogP contribution < -0.4 is 0 Å². The van der Waals surface area contributed by atoms with Gasteiger partial charge < -0.3 is 10.2 Å². The summed E-state index contributed by atoms with van der Waals surface area (Å²) >= 11 is 0. The van der Waals surface area contributed by atoms with Gasteiger partial charge in [-0.3, -0.25) is 0 Å². The van der Waals surface area contributed by atoms with Gasteiger partial charge in [-0.25, -0.2) is 0 Å². The molecule has 6 rings (SSSR count). The van der Waals surface area contributed by atoms with Crippen molar-refractivity contribution in [1.82, 2.24) is 0 Å². The van der Waals surface area contributed by atoms with Gasteiger partial charge in [0.2, 0.25) is 0 Å². The molecule has 3 aliphatic rings. The van der Waals surface area contributed by atoms with Crippen LogP contribution in [0.5, 0.6) is 11.5 Å². The Morgan fingerprint density at radius 2 is 0.909 bits per heavy atom. The predicted molar refractivity (Wildman–Crippen MR) is 84.5 cm³/mol. The fourth-order valence-corrected chi connectivity index (χ4v) is 4.19. The number of aromatic hydroxyl groups is 2. The minimum atomic E-state index is 0.0883. The lowest BCUT2D eigenvalue weighted by atomic mass is 9.61. The maximum atomic E-state index is 9.92. The van der Waals surface area contributed by atoms with Crippen LogP contribution in [0, 0.1) is 0 Å². The topological polar surface area (TPSA) is 40.5 Å². The Kier molecular flexibility index (Phi) is 2.11. The smallest absolute Gasteiger partial charge is 0.115 e. The summed E-state index contributed by atoms with van der Waals surface area (Å²) in [6.07, 6.45) is 0. The lowest BCUT2D eigenvalue weighted by molar-refractivity contribution is 0.472. The van der Waals surface area contributed by atoms with Crippen molar-refractivity contribution in [2.45, 2.75) is 11.8 Å². The molecule has 106 valence electrons. The second-order valence-corrected chi connectivity index (χ2v) is 6.12. The first-order valence-corrected chi connectivity index (χ1v) is 7.48. The van der Waals surface area contributed by atoms with E-state index in [2.05, 4.69) is 24.3 Å². The summed E-state index contributed by atoms with van der Waals surface area (Å²) in [7, 11) is 0. The number of phenolic OH excluding ortho intramolecular Hbond substituents is 2. The van der Waals surface area contributed by atoms with Crippen LogP contribution in [0.3, 0.4) is 0 Å². The van der Waals surface area contributed by atoms with Gasteiger partial charge in [-0.05, 0) is 57.6 Å². The van der Waals surface area contributed by atoms with E-state index in [1.807, 2.05) is 24.3 Å². The first kappa shape index (κ1) is 11.9. The first-order valence-electron chi connectivity index (χ1n) is 7.48. The van der Waals surface area contributed by atoms with Gasteiger partial charge in [-0.15, -0.1) is 0 Å². The zero-order chi connectivity index (χ0) is 14.8. The molecule has 0 radical (unpaired) electrons. The third-order valence-corrected chi connectivity index (χ3v) is 5.00. The van der Waals surface area contributed by atoms with Crippen LogP contribution in [0.15, 0.2) is 60.7 Å². The third-order valence-electron chi connectivity index (χ3n) is 5.00. The van der Waals surface area contributed by atoms with E-state index in [1.165, 1.54) is 22.3 Å². The highest BCUT2D eigenvalue weighted by atomic mass is 16.3. The van der Waals surface area contributed by atoms with Crippen LogP contribution in [-0.2, 0) is 0 Å². The van der Waals surface area contributed by atoms with Gasteiger partial charge >= 0.3 is 0 Å². The summed E-state index contributed by atoms with van der Waals surface area (Å²) < 4.78 is 0. The maximum absolute atomic E-state index is 9.92. The summed E-state index contributed by atoms with van der Waals surface area (Å²) in [6, 6.07) is 19.8. The molecule has 0 fully saturated rings.